The highest BCUT2D eigenvalue weighted by Gasteiger charge is 2.59. The summed E-state index contributed by atoms with van der Waals surface area (Å²) in [7, 11) is 0. The zero-order chi connectivity index (χ0) is 20.3. The quantitative estimate of drug-likeness (QED) is 0.827. The number of halogens is 2. The normalized spacial score (nSPS) is 35.9. The van der Waals surface area contributed by atoms with Crippen LogP contribution in [0.3, 0.4) is 0 Å². The van der Waals surface area contributed by atoms with Gasteiger partial charge in [0.15, 0.2) is 11.6 Å². The molecule has 7 rings (SSSR count). The highest BCUT2D eigenvalue weighted by Crippen LogP contribution is 2.60. The third kappa shape index (κ3) is 3.04. The maximum Gasteiger partial charge on any atom is 0.160 e. The first-order valence-electron chi connectivity index (χ1n) is 11.4. The van der Waals surface area contributed by atoms with Gasteiger partial charge in [-0.15, -0.1) is 0 Å². The summed E-state index contributed by atoms with van der Waals surface area (Å²) in [5, 5.41) is 8.68. The molecule has 30 heavy (non-hydrogen) atoms. The lowest BCUT2D eigenvalue weighted by Gasteiger charge is -2.62. The summed E-state index contributed by atoms with van der Waals surface area (Å²) in [6.45, 7) is 1.75. The van der Waals surface area contributed by atoms with E-state index in [-0.39, 0.29) is 11.1 Å². The van der Waals surface area contributed by atoms with Crippen LogP contribution in [0.2, 0.25) is 0 Å². The monoisotopic (exact) mass is 413 g/mol. The van der Waals surface area contributed by atoms with Crippen molar-refractivity contribution in [3.8, 4) is 0 Å². The van der Waals surface area contributed by atoms with Crippen molar-refractivity contribution >= 4 is 5.69 Å². The minimum absolute atomic E-state index is 0.139. The van der Waals surface area contributed by atoms with Gasteiger partial charge in [-0.2, -0.15) is 5.10 Å². The molecule has 4 bridgehead atoms. The molecule has 4 aliphatic carbocycles. The Labute approximate surface area is 175 Å². The molecule has 1 aromatic heterocycles. The second kappa shape index (κ2) is 6.74. The number of piperidine rings is 1. The van der Waals surface area contributed by atoms with Crippen LogP contribution in [-0.4, -0.2) is 39.4 Å². The molecule has 160 valence electrons. The van der Waals surface area contributed by atoms with E-state index in [0.29, 0.717) is 6.04 Å². The summed E-state index contributed by atoms with van der Waals surface area (Å²) in [6.07, 6.45) is 13.2. The summed E-state index contributed by atoms with van der Waals surface area (Å²) < 4.78 is 29.0. The van der Waals surface area contributed by atoms with Crippen molar-refractivity contribution in [1.29, 1.82) is 0 Å². The molecule has 2 heterocycles. The molecule has 1 saturated heterocycles. The molecule has 2 unspecified atom stereocenters. The second-order valence-corrected chi connectivity index (χ2v) is 10.3. The SMILES string of the molecule is Fc1ccc(N2CCC(NC34CC5CC(C3)CC(n3cncn3)(C5)C4)CC2)cc1F. The summed E-state index contributed by atoms with van der Waals surface area (Å²) in [4.78, 5) is 6.42. The van der Waals surface area contributed by atoms with E-state index in [1.807, 2.05) is 6.33 Å². The molecule has 1 N–H and O–H groups in total. The first-order chi connectivity index (χ1) is 14.5. The Morgan fingerprint density at radius 2 is 1.77 bits per heavy atom. The topological polar surface area (TPSA) is 46.0 Å². The zero-order valence-corrected chi connectivity index (χ0v) is 17.2. The van der Waals surface area contributed by atoms with E-state index in [0.717, 1.165) is 49.9 Å². The molecule has 5 nitrogen and oxygen atoms in total. The van der Waals surface area contributed by atoms with E-state index < -0.39 is 11.6 Å². The van der Waals surface area contributed by atoms with E-state index >= 15 is 0 Å². The van der Waals surface area contributed by atoms with Crippen molar-refractivity contribution in [2.24, 2.45) is 11.8 Å². The van der Waals surface area contributed by atoms with Crippen molar-refractivity contribution in [3.05, 3.63) is 42.5 Å². The number of hydrogen-bond acceptors (Lipinski definition) is 4. The number of aromatic nitrogens is 3. The second-order valence-electron chi connectivity index (χ2n) is 10.3. The average Bonchev–Trinajstić information content (AvgIpc) is 3.25. The molecule has 7 heteroatoms. The summed E-state index contributed by atoms with van der Waals surface area (Å²) in [5.74, 6) is 0.0219. The van der Waals surface area contributed by atoms with Gasteiger partial charge < -0.3 is 10.2 Å². The van der Waals surface area contributed by atoms with Crippen molar-refractivity contribution in [2.45, 2.75) is 68.5 Å². The van der Waals surface area contributed by atoms with Crippen LogP contribution < -0.4 is 10.2 Å². The molecule has 4 saturated carbocycles. The maximum absolute atomic E-state index is 13.6. The summed E-state index contributed by atoms with van der Waals surface area (Å²) in [6, 6.07) is 4.72. The Morgan fingerprint density at radius 3 is 2.43 bits per heavy atom. The Balaban J connectivity index is 1.16. The fraction of sp³-hybridized carbons (Fsp3) is 0.652. The minimum atomic E-state index is -0.779. The largest absolute Gasteiger partial charge is 0.371 e. The van der Waals surface area contributed by atoms with Gasteiger partial charge in [-0.1, -0.05) is 0 Å². The van der Waals surface area contributed by atoms with Crippen molar-refractivity contribution in [1.82, 2.24) is 20.1 Å². The van der Waals surface area contributed by atoms with Crippen LogP contribution in [0, 0.1) is 23.5 Å². The third-order valence-corrected chi connectivity index (χ3v) is 8.21. The fourth-order valence-electron chi connectivity index (χ4n) is 7.50. The predicted molar refractivity (Wildman–Crippen MR) is 110 cm³/mol. The Morgan fingerprint density at radius 1 is 1.00 bits per heavy atom. The van der Waals surface area contributed by atoms with Crippen LogP contribution in [0.4, 0.5) is 14.5 Å². The molecule has 5 aliphatic rings. The molecular weight excluding hydrogens is 384 g/mol. The summed E-state index contributed by atoms with van der Waals surface area (Å²) in [5.41, 5.74) is 1.14. The van der Waals surface area contributed by atoms with Gasteiger partial charge in [-0.3, -0.25) is 0 Å². The van der Waals surface area contributed by atoms with Gasteiger partial charge in [0, 0.05) is 36.4 Å². The summed E-state index contributed by atoms with van der Waals surface area (Å²) >= 11 is 0. The molecule has 1 aliphatic heterocycles. The molecule has 0 amide bonds. The minimum Gasteiger partial charge on any atom is -0.371 e. The van der Waals surface area contributed by atoms with Crippen LogP contribution in [0.15, 0.2) is 30.9 Å². The van der Waals surface area contributed by atoms with Crippen LogP contribution >= 0.6 is 0 Å². The predicted octanol–water partition coefficient (Wildman–Crippen LogP) is 3.86. The number of rotatable bonds is 4. The fourth-order valence-corrected chi connectivity index (χ4v) is 7.50. The standard InChI is InChI=1S/C23H29F2N5/c24-20-2-1-19(8-21(20)25)29-5-3-18(4-6-29)28-22-9-16-7-17(10-22)12-23(11-16,13-22)30-15-26-14-27-30/h1-2,8,14-18,28H,3-7,9-13H2. The highest BCUT2D eigenvalue weighted by atomic mass is 19.2. The lowest BCUT2D eigenvalue weighted by atomic mass is 9.49. The van der Waals surface area contributed by atoms with E-state index in [9.17, 15) is 8.78 Å². The number of nitrogens with one attached hydrogen (secondary N) is 1. The van der Waals surface area contributed by atoms with E-state index in [4.69, 9.17) is 0 Å². The van der Waals surface area contributed by atoms with Crippen LogP contribution in [0.1, 0.15) is 51.4 Å². The molecule has 0 radical (unpaired) electrons. The van der Waals surface area contributed by atoms with Gasteiger partial charge in [0.25, 0.3) is 0 Å². The van der Waals surface area contributed by atoms with Gasteiger partial charge in [0.1, 0.15) is 12.7 Å². The van der Waals surface area contributed by atoms with Crippen molar-refractivity contribution in [3.63, 3.8) is 0 Å². The van der Waals surface area contributed by atoms with Crippen LogP contribution in [0.5, 0.6) is 0 Å². The van der Waals surface area contributed by atoms with Gasteiger partial charge in [-0.05, 0) is 75.3 Å². The lowest BCUT2D eigenvalue weighted by Crippen LogP contribution is -2.67. The molecule has 5 fully saturated rings. The van der Waals surface area contributed by atoms with Crippen molar-refractivity contribution in [2.75, 3.05) is 18.0 Å². The van der Waals surface area contributed by atoms with Gasteiger partial charge >= 0.3 is 0 Å². The highest BCUT2D eigenvalue weighted by molar-refractivity contribution is 5.47. The molecule has 1 aromatic carbocycles. The third-order valence-electron chi connectivity index (χ3n) is 8.21. The number of anilines is 1. The number of hydrogen-bond donors (Lipinski definition) is 1. The Hall–Kier alpha value is -2.02. The smallest absolute Gasteiger partial charge is 0.160 e. The first-order valence-corrected chi connectivity index (χ1v) is 11.4. The van der Waals surface area contributed by atoms with E-state index in [1.165, 1.54) is 44.2 Å². The molecule has 2 aromatic rings. The van der Waals surface area contributed by atoms with Gasteiger partial charge in [0.05, 0.1) is 5.54 Å². The zero-order valence-electron chi connectivity index (χ0n) is 17.2. The lowest BCUT2D eigenvalue weighted by molar-refractivity contribution is -0.0826. The average molecular weight is 414 g/mol. The van der Waals surface area contributed by atoms with E-state index in [1.54, 1.807) is 12.4 Å². The Kier molecular flexibility index (Phi) is 4.21. The first kappa shape index (κ1) is 18.7. The van der Waals surface area contributed by atoms with Gasteiger partial charge in [-0.25, -0.2) is 18.4 Å². The van der Waals surface area contributed by atoms with Crippen LogP contribution in [-0.2, 0) is 5.54 Å². The van der Waals surface area contributed by atoms with Crippen molar-refractivity contribution < 1.29 is 8.78 Å². The maximum atomic E-state index is 13.6. The van der Waals surface area contributed by atoms with E-state index in [2.05, 4.69) is 25.0 Å². The molecular formula is C23H29F2N5. The van der Waals surface area contributed by atoms with Gasteiger partial charge in [0.2, 0.25) is 0 Å². The number of benzene rings is 1. The van der Waals surface area contributed by atoms with Crippen LogP contribution in [0.25, 0.3) is 0 Å². The Bertz CT molecular complexity index is 908. The number of nitrogens with zero attached hydrogens (tertiary/aromatic N) is 4. The molecule has 0 spiro atoms. The molecule has 2 atom stereocenters.